The van der Waals surface area contributed by atoms with Crippen LogP contribution < -0.4 is 0 Å². The average molecular weight is 359 g/mol. The molecule has 3 fully saturated rings. The van der Waals surface area contributed by atoms with Gasteiger partial charge in [-0.05, 0) is 55.8 Å². The minimum absolute atomic E-state index is 0.313. The third-order valence-electron chi connectivity index (χ3n) is 7.11. The molecule has 5 rings (SSSR count). The maximum atomic E-state index is 11.1. The van der Waals surface area contributed by atoms with Crippen LogP contribution in [0.5, 0.6) is 0 Å². The molecule has 2 aromatic heterocycles. The Morgan fingerprint density at radius 2 is 1.76 bits per heavy atom. The molecule has 136 valence electrons. The second-order valence-electron chi connectivity index (χ2n) is 8.80. The van der Waals surface area contributed by atoms with Gasteiger partial charge in [-0.15, -0.1) is 11.3 Å². The molecule has 3 saturated carbocycles. The van der Waals surface area contributed by atoms with Crippen LogP contribution in [0.2, 0.25) is 0 Å². The smallest absolute Gasteiger partial charge is 0.120 e. The van der Waals surface area contributed by atoms with Gasteiger partial charge in [-0.2, -0.15) is 0 Å². The topological polar surface area (TPSA) is 37.5 Å². The molecule has 0 aliphatic heterocycles. The van der Waals surface area contributed by atoms with Crippen LogP contribution in [-0.2, 0) is 0 Å². The van der Waals surface area contributed by atoms with Gasteiger partial charge in [-0.25, -0.2) is 4.98 Å². The summed E-state index contributed by atoms with van der Waals surface area (Å²) in [4.78, 5) is 6.92. The van der Waals surface area contributed by atoms with Gasteiger partial charge in [0, 0.05) is 4.88 Å². The molecule has 0 amide bonds. The molecule has 2 aromatic rings. The number of hydrogen-bond donors (Lipinski definition) is 1. The van der Waals surface area contributed by atoms with Crippen molar-refractivity contribution >= 4 is 16.2 Å². The van der Waals surface area contributed by atoms with E-state index in [1.54, 1.807) is 0 Å². The Morgan fingerprint density at radius 3 is 2.48 bits per heavy atom. The van der Waals surface area contributed by atoms with E-state index in [1.807, 2.05) is 23.9 Å². The maximum absolute atomic E-state index is 11.1. The molecule has 25 heavy (non-hydrogen) atoms. The monoisotopic (exact) mass is 358 g/mol. The first-order valence-corrected chi connectivity index (χ1v) is 11.2. The fraction of sp³-hybridized carbons (Fsp3) is 0.762. The normalized spacial score (nSPS) is 29.5. The number of rotatable bonds is 5. The quantitative estimate of drug-likeness (QED) is 0.745. The molecule has 4 heteroatoms. The van der Waals surface area contributed by atoms with E-state index in [2.05, 4.69) is 9.38 Å². The molecule has 1 unspecified atom stereocenters. The van der Waals surface area contributed by atoms with Gasteiger partial charge in [0.2, 0.25) is 0 Å². The number of thiazole rings is 1. The Balaban J connectivity index is 1.26. The predicted octanol–water partition coefficient (Wildman–Crippen LogP) is 5.69. The molecule has 1 atom stereocenters. The summed E-state index contributed by atoms with van der Waals surface area (Å²) >= 11 is 1.85. The van der Waals surface area contributed by atoms with Gasteiger partial charge in [0.1, 0.15) is 11.2 Å². The van der Waals surface area contributed by atoms with Gasteiger partial charge in [0.05, 0.1) is 18.0 Å². The Bertz CT molecular complexity index is 717. The summed E-state index contributed by atoms with van der Waals surface area (Å²) < 4.78 is 2.16. The van der Waals surface area contributed by atoms with Crippen LogP contribution in [-0.4, -0.2) is 14.5 Å². The molecular weight excluding hydrogens is 328 g/mol. The highest BCUT2D eigenvalue weighted by atomic mass is 32.1. The first kappa shape index (κ1) is 16.3. The van der Waals surface area contributed by atoms with Gasteiger partial charge in [-0.3, -0.25) is 4.40 Å². The Kier molecular flexibility index (Phi) is 4.37. The zero-order chi connectivity index (χ0) is 16.8. The van der Waals surface area contributed by atoms with Crippen molar-refractivity contribution in [3.63, 3.8) is 0 Å². The highest BCUT2D eigenvalue weighted by Gasteiger charge is 2.34. The van der Waals surface area contributed by atoms with Crippen molar-refractivity contribution in [2.24, 2.45) is 17.8 Å². The molecule has 0 saturated heterocycles. The molecule has 3 nitrogen and oxygen atoms in total. The summed E-state index contributed by atoms with van der Waals surface area (Å²) in [7, 11) is 0. The fourth-order valence-corrected chi connectivity index (χ4v) is 6.86. The minimum Gasteiger partial charge on any atom is -0.387 e. The van der Waals surface area contributed by atoms with E-state index in [1.165, 1.54) is 73.9 Å². The van der Waals surface area contributed by atoms with Crippen LogP contribution in [0, 0.1) is 17.8 Å². The molecule has 3 aliphatic rings. The molecule has 1 N–H and O–H groups in total. The van der Waals surface area contributed by atoms with Crippen molar-refractivity contribution < 1.29 is 5.11 Å². The fourth-order valence-electron chi connectivity index (χ4n) is 5.54. The lowest BCUT2D eigenvalue weighted by atomic mass is 9.73. The summed E-state index contributed by atoms with van der Waals surface area (Å²) in [6, 6.07) is 0. The summed E-state index contributed by atoms with van der Waals surface area (Å²) in [5.74, 6) is 3.42. The second-order valence-corrected chi connectivity index (χ2v) is 9.87. The van der Waals surface area contributed by atoms with Gasteiger partial charge >= 0.3 is 0 Å². The molecule has 2 heterocycles. The van der Waals surface area contributed by atoms with Crippen molar-refractivity contribution in [3.05, 3.63) is 23.1 Å². The lowest BCUT2D eigenvalue weighted by molar-refractivity contribution is 0.110. The second kappa shape index (κ2) is 6.70. The van der Waals surface area contributed by atoms with Gasteiger partial charge in [0.15, 0.2) is 0 Å². The third-order valence-corrected chi connectivity index (χ3v) is 8.38. The Hall–Kier alpha value is -0.870. The lowest BCUT2D eigenvalue weighted by Crippen LogP contribution is -2.21. The lowest BCUT2D eigenvalue weighted by Gasteiger charge is -2.33. The zero-order valence-corrected chi connectivity index (χ0v) is 15.9. The molecule has 0 aromatic carbocycles. The number of nitrogens with zero attached hydrogens (tertiary/aromatic N) is 2. The van der Waals surface area contributed by atoms with Gasteiger partial charge in [-0.1, -0.05) is 38.5 Å². The summed E-state index contributed by atoms with van der Waals surface area (Å²) in [5, 5.41) is 11.1. The summed E-state index contributed by atoms with van der Waals surface area (Å²) in [5.41, 5.74) is 1.16. The van der Waals surface area contributed by atoms with Crippen molar-refractivity contribution in [1.29, 1.82) is 0 Å². The molecule has 3 aliphatic carbocycles. The van der Waals surface area contributed by atoms with Gasteiger partial charge < -0.3 is 5.11 Å². The van der Waals surface area contributed by atoms with Crippen molar-refractivity contribution in [2.75, 3.05) is 0 Å². The number of fused-ring (bicyclic) bond motifs is 1. The van der Waals surface area contributed by atoms with E-state index in [0.717, 1.165) is 24.0 Å². The van der Waals surface area contributed by atoms with Crippen LogP contribution in [0.3, 0.4) is 0 Å². The van der Waals surface area contributed by atoms with E-state index in [4.69, 9.17) is 0 Å². The van der Waals surface area contributed by atoms with Crippen molar-refractivity contribution in [1.82, 2.24) is 9.38 Å². The molecule has 0 radical (unpaired) electrons. The van der Waals surface area contributed by atoms with Crippen LogP contribution in [0.4, 0.5) is 0 Å². The highest BCUT2D eigenvalue weighted by Crippen LogP contribution is 2.48. The first-order chi connectivity index (χ1) is 12.3. The minimum atomic E-state index is -0.313. The summed E-state index contributed by atoms with van der Waals surface area (Å²) in [6.45, 7) is 0. The van der Waals surface area contributed by atoms with E-state index in [0.29, 0.717) is 11.8 Å². The molecule has 0 spiro atoms. The van der Waals surface area contributed by atoms with Gasteiger partial charge in [0.25, 0.3) is 0 Å². The number of aromatic nitrogens is 2. The summed E-state index contributed by atoms with van der Waals surface area (Å²) in [6.07, 6.45) is 18.4. The van der Waals surface area contributed by atoms with E-state index in [-0.39, 0.29) is 6.10 Å². The van der Waals surface area contributed by atoms with E-state index in [9.17, 15) is 5.11 Å². The number of aliphatic hydroxyl groups is 1. The largest absolute Gasteiger partial charge is 0.387 e. The van der Waals surface area contributed by atoms with E-state index >= 15 is 0 Å². The standard InChI is InChI=1S/C21H30N2OS/c24-18(11-14-5-7-16(8-6-14)15-3-1-2-4-15)20-21(17-9-10-17)25-19-12-22-13-23(19)20/h12-18,24H,1-11H2. The number of hydrogen-bond acceptors (Lipinski definition) is 3. The van der Waals surface area contributed by atoms with Crippen LogP contribution >= 0.6 is 11.3 Å². The van der Waals surface area contributed by atoms with Crippen LogP contribution in [0.1, 0.15) is 93.2 Å². The zero-order valence-electron chi connectivity index (χ0n) is 15.1. The third kappa shape index (κ3) is 3.16. The number of imidazole rings is 1. The first-order valence-electron chi connectivity index (χ1n) is 10.4. The SMILES string of the molecule is OC(CC1CCC(C2CCCC2)CC1)c1c(C2CC2)sc2cncn12. The Labute approximate surface area is 154 Å². The molecule has 0 bridgehead atoms. The highest BCUT2D eigenvalue weighted by molar-refractivity contribution is 7.17. The average Bonchev–Trinajstić information content (AvgIpc) is 3.01. The molecular formula is C21H30N2OS. The maximum Gasteiger partial charge on any atom is 0.120 e. The predicted molar refractivity (Wildman–Crippen MR) is 102 cm³/mol. The van der Waals surface area contributed by atoms with Crippen LogP contribution in [0.25, 0.3) is 4.83 Å². The Morgan fingerprint density at radius 1 is 1.04 bits per heavy atom. The van der Waals surface area contributed by atoms with Crippen molar-refractivity contribution in [2.45, 2.75) is 82.7 Å². The van der Waals surface area contributed by atoms with Crippen LogP contribution in [0.15, 0.2) is 12.5 Å². The van der Waals surface area contributed by atoms with E-state index < -0.39 is 0 Å². The number of aliphatic hydroxyl groups excluding tert-OH is 1. The van der Waals surface area contributed by atoms with Crippen molar-refractivity contribution in [3.8, 4) is 0 Å².